The summed E-state index contributed by atoms with van der Waals surface area (Å²) in [4.78, 5) is 4.48. The fourth-order valence-electron chi connectivity index (χ4n) is 1.65. The van der Waals surface area contributed by atoms with E-state index in [2.05, 4.69) is 43.2 Å². The van der Waals surface area contributed by atoms with Gasteiger partial charge in [0.15, 0.2) is 0 Å². The molecule has 0 spiro atoms. The van der Waals surface area contributed by atoms with Crippen LogP contribution in [0.5, 0.6) is 0 Å². The van der Waals surface area contributed by atoms with Crippen LogP contribution in [0, 0.1) is 0 Å². The van der Waals surface area contributed by atoms with E-state index in [1.54, 1.807) is 6.26 Å². The second-order valence-corrected chi connectivity index (χ2v) is 5.47. The third-order valence-electron chi connectivity index (χ3n) is 2.77. The van der Waals surface area contributed by atoms with E-state index in [-0.39, 0.29) is 5.41 Å². The van der Waals surface area contributed by atoms with E-state index < -0.39 is 0 Å². The van der Waals surface area contributed by atoms with Crippen LogP contribution < -0.4 is 5.32 Å². The van der Waals surface area contributed by atoms with Gasteiger partial charge < -0.3 is 9.73 Å². The molecule has 1 aromatic heterocycles. The van der Waals surface area contributed by atoms with Crippen LogP contribution in [0.4, 0.5) is 0 Å². The van der Waals surface area contributed by atoms with Gasteiger partial charge in [0, 0.05) is 12.0 Å². The summed E-state index contributed by atoms with van der Waals surface area (Å²) in [7, 11) is 0. The molecule has 0 atom stereocenters. The lowest BCUT2D eigenvalue weighted by Gasteiger charge is -2.12. The van der Waals surface area contributed by atoms with Crippen LogP contribution in [0.25, 0.3) is 0 Å². The first-order chi connectivity index (χ1) is 8.55. The maximum Gasteiger partial charge on any atom is 0.208 e. The SMILES string of the molecule is CC(C)(C)c1coc(CNCc2ccccc2)n1. The molecule has 0 saturated carbocycles. The molecule has 1 N–H and O–H groups in total. The Kier molecular flexibility index (Phi) is 3.82. The van der Waals surface area contributed by atoms with Gasteiger partial charge in [0.05, 0.1) is 12.2 Å². The predicted molar refractivity (Wildman–Crippen MR) is 72.2 cm³/mol. The van der Waals surface area contributed by atoms with Gasteiger partial charge in [-0.15, -0.1) is 0 Å². The molecule has 0 aliphatic heterocycles. The van der Waals surface area contributed by atoms with Crippen molar-refractivity contribution in [2.75, 3.05) is 0 Å². The molecular formula is C15H20N2O. The first-order valence-electron chi connectivity index (χ1n) is 6.25. The van der Waals surface area contributed by atoms with E-state index in [4.69, 9.17) is 4.42 Å². The molecule has 3 nitrogen and oxygen atoms in total. The Morgan fingerprint density at radius 1 is 1.11 bits per heavy atom. The quantitative estimate of drug-likeness (QED) is 0.897. The normalized spacial score (nSPS) is 11.7. The number of rotatable bonds is 4. The third kappa shape index (κ3) is 3.44. The molecule has 1 aromatic carbocycles. The van der Waals surface area contributed by atoms with E-state index in [0.717, 1.165) is 18.1 Å². The van der Waals surface area contributed by atoms with Crippen molar-refractivity contribution < 1.29 is 4.42 Å². The molecule has 0 fully saturated rings. The van der Waals surface area contributed by atoms with Gasteiger partial charge in [0.1, 0.15) is 6.26 Å². The summed E-state index contributed by atoms with van der Waals surface area (Å²) in [5, 5.41) is 3.33. The van der Waals surface area contributed by atoms with Gasteiger partial charge >= 0.3 is 0 Å². The van der Waals surface area contributed by atoms with Crippen LogP contribution in [-0.4, -0.2) is 4.98 Å². The van der Waals surface area contributed by atoms with Gasteiger partial charge in [0.2, 0.25) is 5.89 Å². The van der Waals surface area contributed by atoms with E-state index in [9.17, 15) is 0 Å². The molecular weight excluding hydrogens is 224 g/mol. The lowest BCUT2D eigenvalue weighted by atomic mass is 9.93. The summed E-state index contributed by atoms with van der Waals surface area (Å²) < 4.78 is 5.46. The van der Waals surface area contributed by atoms with E-state index in [1.165, 1.54) is 5.56 Å². The molecule has 18 heavy (non-hydrogen) atoms. The molecule has 0 aliphatic rings. The highest BCUT2D eigenvalue weighted by Crippen LogP contribution is 2.20. The standard InChI is InChI=1S/C15H20N2O/c1-15(2,3)13-11-18-14(17-13)10-16-9-12-7-5-4-6-8-12/h4-8,11,16H,9-10H2,1-3H3. The van der Waals surface area contributed by atoms with Gasteiger partial charge in [0.25, 0.3) is 0 Å². The Morgan fingerprint density at radius 3 is 2.44 bits per heavy atom. The van der Waals surface area contributed by atoms with Crippen molar-refractivity contribution in [3.05, 3.63) is 53.7 Å². The molecule has 0 aliphatic carbocycles. The number of benzene rings is 1. The maximum absolute atomic E-state index is 5.46. The Balaban J connectivity index is 1.86. The number of nitrogens with zero attached hydrogens (tertiary/aromatic N) is 1. The molecule has 2 rings (SSSR count). The fraction of sp³-hybridized carbons (Fsp3) is 0.400. The van der Waals surface area contributed by atoms with Crippen LogP contribution >= 0.6 is 0 Å². The van der Waals surface area contributed by atoms with E-state index >= 15 is 0 Å². The molecule has 0 bridgehead atoms. The zero-order chi connectivity index (χ0) is 13.0. The van der Waals surface area contributed by atoms with Crippen LogP contribution in [0.15, 0.2) is 41.0 Å². The summed E-state index contributed by atoms with van der Waals surface area (Å²) >= 11 is 0. The van der Waals surface area contributed by atoms with E-state index in [0.29, 0.717) is 6.54 Å². The molecule has 2 aromatic rings. The minimum absolute atomic E-state index is 0.0428. The Labute approximate surface area is 108 Å². The van der Waals surface area contributed by atoms with Gasteiger partial charge in [-0.25, -0.2) is 4.98 Å². The zero-order valence-electron chi connectivity index (χ0n) is 11.2. The second-order valence-electron chi connectivity index (χ2n) is 5.47. The average molecular weight is 244 g/mol. The number of nitrogens with one attached hydrogen (secondary N) is 1. The number of hydrogen-bond acceptors (Lipinski definition) is 3. The Bertz CT molecular complexity index is 483. The van der Waals surface area contributed by atoms with Gasteiger partial charge in [-0.2, -0.15) is 0 Å². The highest BCUT2D eigenvalue weighted by molar-refractivity contribution is 5.14. The van der Waals surface area contributed by atoms with Crippen molar-refractivity contribution in [3.8, 4) is 0 Å². The highest BCUT2D eigenvalue weighted by atomic mass is 16.3. The Morgan fingerprint density at radius 2 is 1.83 bits per heavy atom. The van der Waals surface area contributed by atoms with Crippen LogP contribution in [0.3, 0.4) is 0 Å². The summed E-state index contributed by atoms with van der Waals surface area (Å²) in [5.41, 5.74) is 2.31. The van der Waals surface area contributed by atoms with Crippen molar-refractivity contribution in [1.82, 2.24) is 10.3 Å². The fourth-order valence-corrected chi connectivity index (χ4v) is 1.65. The maximum atomic E-state index is 5.46. The smallest absolute Gasteiger partial charge is 0.208 e. The van der Waals surface area contributed by atoms with Crippen molar-refractivity contribution >= 4 is 0 Å². The lowest BCUT2D eigenvalue weighted by molar-refractivity contribution is 0.467. The van der Waals surface area contributed by atoms with Gasteiger partial charge in [-0.3, -0.25) is 0 Å². The van der Waals surface area contributed by atoms with Gasteiger partial charge in [-0.1, -0.05) is 51.1 Å². The highest BCUT2D eigenvalue weighted by Gasteiger charge is 2.18. The molecule has 0 saturated heterocycles. The lowest BCUT2D eigenvalue weighted by Crippen LogP contribution is -2.14. The minimum Gasteiger partial charge on any atom is -0.447 e. The minimum atomic E-state index is 0.0428. The predicted octanol–water partition coefficient (Wildman–Crippen LogP) is 3.26. The average Bonchev–Trinajstić information content (AvgIpc) is 2.79. The molecule has 0 amide bonds. The number of oxazole rings is 1. The summed E-state index contributed by atoms with van der Waals surface area (Å²) in [6, 6.07) is 10.3. The summed E-state index contributed by atoms with van der Waals surface area (Å²) in [5.74, 6) is 0.746. The molecule has 1 heterocycles. The first-order valence-corrected chi connectivity index (χ1v) is 6.25. The van der Waals surface area contributed by atoms with Crippen LogP contribution in [0.1, 0.15) is 37.9 Å². The van der Waals surface area contributed by atoms with Crippen molar-refractivity contribution in [2.45, 2.75) is 39.3 Å². The molecule has 3 heteroatoms. The Hall–Kier alpha value is -1.61. The first kappa shape index (κ1) is 12.8. The summed E-state index contributed by atoms with van der Waals surface area (Å²) in [6.07, 6.45) is 1.75. The van der Waals surface area contributed by atoms with Crippen LogP contribution in [0.2, 0.25) is 0 Å². The van der Waals surface area contributed by atoms with Crippen LogP contribution in [-0.2, 0) is 18.5 Å². The number of hydrogen-bond donors (Lipinski definition) is 1. The summed E-state index contributed by atoms with van der Waals surface area (Å²) in [6.45, 7) is 7.88. The number of aromatic nitrogens is 1. The largest absolute Gasteiger partial charge is 0.447 e. The third-order valence-corrected chi connectivity index (χ3v) is 2.77. The topological polar surface area (TPSA) is 38.1 Å². The second kappa shape index (κ2) is 5.36. The molecule has 0 unspecified atom stereocenters. The molecule has 0 radical (unpaired) electrons. The van der Waals surface area contributed by atoms with Crippen molar-refractivity contribution in [2.24, 2.45) is 0 Å². The van der Waals surface area contributed by atoms with Crippen molar-refractivity contribution in [3.63, 3.8) is 0 Å². The van der Waals surface area contributed by atoms with Crippen molar-refractivity contribution in [1.29, 1.82) is 0 Å². The van der Waals surface area contributed by atoms with Gasteiger partial charge in [-0.05, 0) is 5.56 Å². The zero-order valence-corrected chi connectivity index (χ0v) is 11.2. The monoisotopic (exact) mass is 244 g/mol. The van der Waals surface area contributed by atoms with E-state index in [1.807, 2.05) is 18.2 Å². The molecule has 96 valence electrons.